The van der Waals surface area contributed by atoms with E-state index in [1.807, 2.05) is 4.90 Å². The molecule has 166 valence electrons. The molecule has 1 aromatic rings. The van der Waals surface area contributed by atoms with Crippen molar-refractivity contribution in [1.29, 1.82) is 0 Å². The number of carbonyl (C=O) groups is 2. The van der Waals surface area contributed by atoms with Crippen LogP contribution in [0, 0.1) is 5.92 Å². The van der Waals surface area contributed by atoms with Crippen molar-refractivity contribution in [3.8, 4) is 0 Å². The van der Waals surface area contributed by atoms with Crippen molar-refractivity contribution in [3.05, 3.63) is 28.2 Å². The van der Waals surface area contributed by atoms with Crippen LogP contribution in [0.4, 0.5) is 10.5 Å². The SMILES string of the molecule is C[C@H]1C[C@H](O)CN(CCCN2CCN(C(=O)Nc3ccc(Cl)c(Cl)c3)[C@@H](C)C2=O)C1. The largest absolute Gasteiger partial charge is 0.392 e. The number of halogens is 2. The lowest BCUT2D eigenvalue weighted by atomic mass is 9.98. The summed E-state index contributed by atoms with van der Waals surface area (Å²) < 4.78 is 0. The number of urea groups is 1. The monoisotopic (exact) mass is 456 g/mol. The van der Waals surface area contributed by atoms with Gasteiger partial charge in [0, 0.05) is 38.4 Å². The standard InChI is InChI=1S/C21H30Cl2N4O3/c1-14-10-17(28)13-25(12-14)6-3-7-26-8-9-27(15(2)20(26)29)21(30)24-16-4-5-18(22)19(23)11-16/h4-5,11,14-15,17,28H,3,6-10,12-13H2,1-2H3,(H,24,30)/t14-,15-,17-/m0/s1. The molecule has 0 unspecified atom stereocenters. The second-order valence-corrected chi connectivity index (χ2v) is 9.18. The molecular weight excluding hydrogens is 427 g/mol. The second kappa shape index (κ2) is 10.2. The minimum atomic E-state index is -0.529. The molecule has 3 rings (SSSR count). The van der Waals surface area contributed by atoms with E-state index in [9.17, 15) is 14.7 Å². The van der Waals surface area contributed by atoms with Gasteiger partial charge in [-0.1, -0.05) is 30.1 Å². The highest BCUT2D eigenvalue weighted by molar-refractivity contribution is 6.42. The molecule has 2 N–H and O–H groups in total. The second-order valence-electron chi connectivity index (χ2n) is 8.36. The number of anilines is 1. The topological polar surface area (TPSA) is 76.1 Å². The molecule has 2 saturated heterocycles. The van der Waals surface area contributed by atoms with E-state index in [2.05, 4.69) is 17.1 Å². The summed E-state index contributed by atoms with van der Waals surface area (Å²) in [6.45, 7) is 8.11. The first-order valence-electron chi connectivity index (χ1n) is 10.5. The number of aliphatic hydroxyl groups excluding tert-OH is 1. The van der Waals surface area contributed by atoms with Gasteiger partial charge in [0.15, 0.2) is 0 Å². The maximum absolute atomic E-state index is 12.8. The van der Waals surface area contributed by atoms with E-state index in [4.69, 9.17) is 23.2 Å². The summed E-state index contributed by atoms with van der Waals surface area (Å²) in [5.74, 6) is 0.450. The van der Waals surface area contributed by atoms with E-state index in [0.29, 0.717) is 47.8 Å². The molecule has 2 aliphatic rings. The van der Waals surface area contributed by atoms with E-state index in [0.717, 1.165) is 25.9 Å². The molecular formula is C21H30Cl2N4O3. The highest BCUT2D eigenvalue weighted by Gasteiger charge is 2.34. The minimum absolute atomic E-state index is 0.0439. The summed E-state index contributed by atoms with van der Waals surface area (Å²) in [6, 6.07) is 4.02. The molecule has 30 heavy (non-hydrogen) atoms. The van der Waals surface area contributed by atoms with Crippen molar-refractivity contribution >= 4 is 40.8 Å². The zero-order chi connectivity index (χ0) is 21.8. The number of benzene rings is 1. The molecule has 9 heteroatoms. The third-order valence-corrected chi connectivity index (χ3v) is 6.53. The van der Waals surface area contributed by atoms with Crippen LogP contribution in [-0.2, 0) is 4.79 Å². The number of nitrogens with one attached hydrogen (secondary N) is 1. The first kappa shape index (κ1) is 23.1. The van der Waals surface area contributed by atoms with Gasteiger partial charge in [0.05, 0.1) is 16.1 Å². The van der Waals surface area contributed by atoms with Gasteiger partial charge < -0.3 is 25.1 Å². The molecule has 3 atom stereocenters. The number of aliphatic hydroxyl groups is 1. The third kappa shape index (κ3) is 5.78. The van der Waals surface area contributed by atoms with Crippen molar-refractivity contribution in [3.63, 3.8) is 0 Å². The summed E-state index contributed by atoms with van der Waals surface area (Å²) in [5.41, 5.74) is 0.537. The predicted octanol–water partition coefficient (Wildman–Crippen LogP) is 3.15. The number of carbonyl (C=O) groups excluding carboxylic acids is 2. The molecule has 0 bridgehead atoms. The number of β-amino-alcohol motifs (C(OH)–C–C–N with tert-alkyl or cyclic N) is 1. The minimum Gasteiger partial charge on any atom is -0.392 e. The zero-order valence-corrected chi connectivity index (χ0v) is 19.0. The van der Waals surface area contributed by atoms with Gasteiger partial charge in [0.2, 0.25) is 5.91 Å². The van der Waals surface area contributed by atoms with Gasteiger partial charge in [-0.15, -0.1) is 0 Å². The van der Waals surface area contributed by atoms with Gasteiger partial charge >= 0.3 is 6.03 Å². The normalized spacial score (nSPS) is 25.5. The van der Waals surface area contributed by atoms with Crippen LogP contribution in [0.1, 0.15) is 26.7 Å². The van der Waals surface area contributed by atoms with E-state index < -0.39 is 6.04 Å². The maximum Gasteiger partial charge on any atom is 0.322 e. The van der Waals surface area contributed by atoms with E-state index in [-0.39, 0.29) is 18.0 Å². The smallest absolute Gasteiger partial charge is 0.322 e. The Morgan fingerprint density at radius 1 is 1.17 bits per heavy atom. The first-order chi connectivity index (χ1) is 14.2. The van der Waals surface area contributed by atoms with E-state index in [1.165, 1.54) is 0 Å². The first-order valence-corrected chi connectivity index (χ1v) is 11.2. The highest BCUT2D eigenvalue weighted by atomic mass is 35.5. The van der Waals surface area contributed by atoms with E-state index >= 15 is 0 Å². The Morgan fingerprint density at radius 3 is 2.63 bits per heavy atom. The molecule has 0 aliphatic carbocycles. The summed E-state index contributed by atoms with van der Waals surface area (Å²) in [4.78, 5) is 31.1. The predicted molar refractivity (Wildman–Crippen MR) is 119 cm³/mol. The van der Waals surface area contributed by atoms with Crippen LogP contribution >= 0.6 is 23.2 Å². The van der Waals surface area contributed by atoms with Gasteiger partial charge in [0.1, 0.15) is 6.04 Å². The fraction of sp³-hybridized carbons (Fsp3) is 0.619. The summed E-state index contributed by atoms with van der Waals surface area (Å²) in [5, 5.41) is 13.5. The number of rotatable bonds is 5. The molecule has 7 nitrogen and oxygen atoms in total. The maximum atomic E-state index is 12.8. The van der Waals surface area contributed by atoms with E-state index in [1.54, 1.807) is 30.0 Å². The quantitative estimate of drug-likeness (QED) is 0.713. The molecule has 2 heterocycles. The number of likely N-dealkylation sites (tertiary alicyclic amines) is 1. The van der Waals surface area contributed by atoms with Crippen LogP contribution in [0.5, 0.6) is 0 Å². The fourth-order valence-corrected chi connectivity index (χ4v) is 4.59. The number of hydrogen-bond donors (Lipinski definition) is 2. The lowest BCUT2D eigenvalue weighted by molar-refractivity contribution is -0.139. The van der Waals surface area contributed by atoms with Crippen molar-refractivity contribution in [2.45, 2.75) is 38.8 Å². The Kier molecular flexibility index (Phi) is 7.85. The average molecular weight is 457 g/mol. The Labute approximate surface area is 187 Å². The van der Waals surface area contributed by atoms with Crippen LogP contribution in [-0.4, -0.2) is 83.2 Å². The summed E-state index contributed by atoms with van der Waals surface area (Å²) >= 11 is 11.9. The van der Waals surface area contributed by atoms with Crippen LogP contribution < -0.4 is 5.32 Å². The number of piperazine rings is 1. The van der Waals surface area contributed by atoms with Crippen LogP contribution in [0.15, 0.2) is 18.2 Å². The molecule has 1 aromatic carbocycles. The molecule has 0 saturated carbocycles. The average Bonchev–Trinajstić information content (AvgIpc) is 2.67. The Morgan fingerprint density at radius 2 is 1.93 bits per heavy atom. The molecule has 3 amide bonds. The lowest BCUT2D eigenvalue weighted by Crippen LogP contribution is -2.58. The highest BCUT2D eigenvalue weighted by Crippen LogP contribution is 2.25. The number of piperidine rings is 1. The number of hydrogen-bond acceptors (Lipinski definition) is 4. The lowest BCUT2D eigenvalue weighted by Gasteiger charge is -2.39. The molecule has 0 spiro atoms. The number of amides is 3. The van der Waals surface area contributed by atoms with Crippen LogP contribution in [0.3, 0.4) is 0 Å². The van der Waals surface area contributed by atoms with Gasteiger partial charge in [-0.25, -0.2) is 4.79 Å². The molecule has 2 aliphatic heterocycles. The Balaban J connectivity index is 1.48. The van der Waals surface area contributed by atoms with Crippen molar-refractivity contribution in [1.82, 2.24) is 14.7 Å². The molecule has 0 aromatic heterocycles. The van der Waals surface area contributed by atoms with Gasteiger partial charge in [-0.3, -0.25) is 4.79 Å². The number of nitrogens with zero attached hydrogens (tertiary/aromatic N) is 3. The van der Waals surface area contributed by atoms with Crippen molar-refractivity contribution < 1.29 is 14.7 Å². The fourth-order valence-electron chi connectivity index (χ4n) is 4.29. The van der Waals surface area contributed by atoms with Gasteiger partial charge in [-0.2, -0.15) is 0 Å². The molecule has 0 radical (unpaired) electrons. The van der Waals surface area contributed by atoms with Crippen LogP contribution in [0.25, 0.3) is 0 Å². The Bertz CT molecular complexity index is 769. The third-order valence-electron chi connectivity index (χ3n) is 5.79. The van der Waals surface area contributed by atoms with Gasteiger partial charge in [0.25, 0.3) is 0 Å². The van der Waals surface area contributed by atoms with Crippen LogP contribution in [0.2, 0.25) is 10.0 Å². The zero-order valence-electron chi connectivity index (χ0n) is 17.5. The summed E-state index contributed by atoms with van der Waals surface area (Å²) in [6.07, 6.45) is 1.46. The summed E-state index contributed by atoms with van der Waals surface area (Å²) in [7, 11) is 0. The Hall–Kier alpha value is -1.54. The van der Waals surface area contributed by atoms with Gasteiger partial charge in [-0.05, 0) is 50.4 Å². The van der Waals surface area contributed by atoms with Crippen molar-refractivity contribution in [2.75, 3.05) is 44.6 Å². The van der Waals surface area contributed by atoms with Crippen molar-refractivity contribution in [2.24, 2.45) is 5.92 Å². The molecule has 2 fully saturated rings.